The van der Waals surface area contributed by atoms with Crippen molar-refractivity contribution in [3.05, 3.63) is 18.2 Å². The third-order valence-corrected chi connectivity index (χ3v) is 4.41. The van der Waals surface area contributed by atoms with Crippen LogP contribution in [0.25, 0.3) is 0 Å². The molecule has 17 heavy (non-hydrogen) atoms. The highest BCUT2D eigenvalue weighted by atomic mass is 15.1. The first-order chi connectivity index (χ1) is 8.06. The van der Waals surface area contributed by atoms with Crippen molar-refractivity contribution >= 4 is 0 Å². The number of imidazole rings is 1. The van der Waals surface area contributed by atoms with Crippen LogP contribution in [0.1, 0.15) is 58.3 Å². The number of nitrogens with two attached hydrogens (primary N) is 1. The minimum atomic E-state index is 0.0836. The molecule has 1 aliphatic rings. The van der Waals surface area contributed by atoms with Crippen molar-refractivity contribution in [2.24, 2.45) is 17.1 Å². The lowest BCUT2D eigenvalue weighted by Gasteiger charge is -2.41. The quantitative estimate of drug-likeness (QED) is 0.874. The van der Waals surface area contributed by atoms with E-state index in [0.29, 0.717) is 11.3 Å². The molecule has 0 spiro atoms. The summed E-state index contributed by atoms with van der Waals surface area (Å²) >= 11 is 0. The van der Waals surface area contributed by atoms with Gasteiger partial charge in [-0.05, 0) is 31.1 Å². The van der Waals surface area contributed by atoms with Crippen LogP contribution in [0.4, 0.5) is 0 Å². The van der Waals surface area contributed by atoms with Gasteiger partial charge in [0.15, 0.2) is 0 Å². The average Bonchev–Trinajstić information content (AvgIpc) is 2.75. The Hall–Kier alpha value is -0.830. The van der Waals surface area contributed by atoms with E-state index in [1.54, 1.807) is 0 Å². The van der Waals surface area contributed by atoms with E-state index in [1.165, 1.54) is 25.7 Å². The number of nitrogens with zero attached hydrogens (tertiary/aromatic N) is 2. The molecule has 1 saturated carbocycles. The first kappa shape index (κ1) is 12.6. The molecule has 0 saturated heterocycles. The molecule has 0 amide bonds. The second kappa shape index (κ2) is 4.81. The van der Waals surface area contributed by atoms with Gasteiger partial charge in [-0.15, -0.1) is 0 Å². The van der Waals surface area contributed by atoms with E-state index in [-0.39, 0.29) is 6.04 Å². The van der Waals surface area contributed by atoms with E-state index in [4.69, 9.17) is 5.73 Å². The molecular weight excluding hydrogens is 210 g/mol. The molecule has 2 N–H and O–H groups in total. The fraction of sp³-hybridized carbons (Fsp3) is 0.786. The van der Waals surface area contributed by atoms with Crippen LogP contribution in [0.2, 0.25) is 0 Å². The monoisotopic (exact) mass is 235 g/mol. The van der Waals surface area contributed by atoms with Gasteiger partial charge in [-0.25, -0.2) is 4.98 Å². The van der Waals surface area contributed by atoms with Gasteiger partial charge in [0, 0.05) is 18.9 Å². The van der Waals surface area contributed by atoms with Crippen LogP contribution in [-0.4, -0.2) is 9.55 Å². The topological polar surface area (TPSA) is 43.8 Å². The Bertz CT molecular complexity index is 367. The molecule has 0 bridgehead atoms. The molecule has 2 rings (SSSR count). The summed E-state index contributed by atoms with van der Waals surface area (Å²) in [5.74, 6) is 1.62. The summed E-state index contributed by atoms with van der Waals surface area (Å²) in [5.41, 5.74) is 6.83. The summed E-state index contributed by atoms with van der Waals surface area (Å²) in [7, 11) is 0. The van der Waals surface area contributed by atoms with Gasteiger partial charge in [0.1, 0.15) is 5.82 Å². The Labute approximate surface area is 104 Å². The summed E-state index contributed by atoms with van der Waals surface area (Å²) in [6, 6.07) is 0.0836. The highest BCUT2D eigenvalue weighted by molar-refractivity contribution is 5.04. The van der Waals surface area contributed by atoms with Crippen molar-refractivity contribution in [1.29, 1.82) is 0 Å². The molecule has 2 atom stereocenters. The largest absolute Gasteiger partial charge is 0.334 e. The van der Waals surface area contributed by atoms with Crippen LogP contribution >= 0.6 is 0 Å². The lowest BCUT2D eigenvalue weighted by Crippen LogP contribution is -2.37. The molecule has 0 radical (unpaired) electrons. The van der Waals surface area contributed by atoms with Gasteiger partial charge in [0.25, 0.3) is 0 Å². The minimum absolute atomic E-state index is 0.0836. The van der Waals surface area contributed by atoms with Crippen LogP contribution in [-0.2, 0) is 6.54 Å². The van der Waals surface area contributed by atoms with Crippen LogP contribution in [0.5, 0.6) is 0 Å². The molecule has 1 aliphatic carbocycles. The summed E-state index contributed by atoms with van der Waals surface area (Å²) in [5, 5.41) is 0. The first-order valence-electron chi connectivity index (χ1n) is 6.83. The summed E-state index contributed by atoms with van der Waals surface area (Å²) in [4.78, 5) is 4.47. The molecule has 1 aromatic heterocycles. The Balaban J connectivity index is 2.21. The number of hydrogen-bond acceptors (Lipinski definition) is 2. The number of aromatic nitrogens is 2. The predicted molar refractivity (Wildman–Crippen MR) is 70.6 cm³/mol. The molecule has 0 aromatic carbocycles. The number of aryl methyl sites for hydroxylation is 1. The Kier molecular flexibility index (Phi) is 3.57. The van der Waals surface area contributed by atoms with Crippen molar-refractivity contribution in [2.75, 3.05) is 0 Å². The average molecular weight is 235 g/mol. The van der Waals surface area contributed by atoms with Gasteiger partial charge >= 0.3 is 0 Å². The molecule has 3 heteroatoms. The van der Waals surface area contributed by atoms with Crippen LogP contribution in [0.15, 0.2) is 12.4 Å². The summed E-state index contributed by atoms with van der Waals surface area (Å²) < 4.78 is 2.18. The molecule has 96 valence electrons. The van der Waals surface area contributed by atoms with E-state index in [9.17, 15) is 0 Å². The lowest BCUT2D eigenvalue weighted by atomic mass is 9.66. The second-order valence-corrected chi connectivity index (χ2v) is 5.94. The van der Waals surface area contributed by atoms with Gasteiger partial charge in [-0.2, -0.15) is 0 Å². The third kappa shape index (κ3) is 2.39. The van der Waals surface area contributed by atoms with Gasteiger partial charge in [0.2, 0.25) is 0 Å². The molecule has 3 nitrogen and oxygen atoms in total. The normalized spacial score (nSPS) is 25.8. The SMILES string of the molecule is CCn1ccnc1C(N)C1CCCCC1(C)C. The maximum Gasteiger partial charge on any atom is 0.125 e. The van der Waals surface area contributed by atoms with Crippen molar-refractivity contribution < 1.29 is 0 Å². The van der Waals surface area contributed by atoms with Gasteiger partial charge in [-0.1, -0.05) is 26.7 Å². The summed E-state index contributed by atoms with van der Waals surface area (Å²) in [6.07, 6.45) is 9.09. The Morgan fingerprint density at radius 2 is 2.29 bits per heavy atom. The fourth-order valence-corrected chi connectivity index (χ4v) is 3.25. The van der Waals surface area contributed by atoms with Gasteiger partial charge < -0.3 is 10.3 Å². The zero-order chi connectivity index (χ0) is 12.5. The molecule has 1 heterocycles. The van der Waals surface area contributed by atoms with Gasteiger partial charge in [0.05, 0.1) is 6.04 Å². The molecule has 1 aromatic rings. The third-order valence-electron chi connectivity index (χ3n) is 4.41. The van der Waals surface area contributed by atoms with Crippen LogP contribution < -0.4 is 5.73 Å². The minimum Gasteiger partial charge on any atom is -0.334 e. The van der Waals surface area contributed by atoms with E-state index >= 15 is 0 Å². The number of hydrogen-bond donors (Lipinski definition) is 1. The summed E-state index contributed by atoms with van der Waals surface area (Å²) in [6.45, 7) is 7.81. The van der Waals surface area contributed by atoms with Crippen molar-refractivity contribution in [2.45, 2.75) is 59.0 Å². The van der Waals surface area contributed by atoms with Crippen molar-refractivity contribution in [1.82, 2.24) is 9.55 Å². The Morgan fingerprint density at radius 3 is 2.94 bits per heavy atom. The zero-order valence-electron chi connectivity index (χ0n) is 11.3. The van der Waals surface area contributed by atoms with Crippen molar-refractivity contribution in [3.8, 4) is 0 Å². The van der Waals surface area contributed by atoms with E-state index in [0.717, 1.165) is 12.4 Å². The molecular formula is C14H25N3. The number of rotatable bonds is 3. The first-order valence-corrected chi connectivity index (χ1v) is 6.83. The van der Waals surface area contributed by atoms with Crippen LogP contribution in [0.3, 0.4) is 0 Å². The zero-order valence-corrected chi connectivity index (χ0v) is 11.3. The molecule has 0 aliphatic heterocycles. The maximum absolute atomic E-state index is 6.48. The van der Waals surface area contributed by atoms with E-state index < -0.39 is 0 Å². The highest BCUT2D eigenvalue weighted by Crippen LogP contribution is 2.45. The Morgan fingerprint density at radius 1 is 1.53 bits per heavy atom. The van der Waals surface area contributed by atoms with E-state index in [2.05, 4.69) is 30.3 Å². The van der Waals surface area contributed by atoms with E-state index in [1.807, 2.05) is 12.4 Å². The molecule has 1 fully saturated rings. The fourth-order valence-electron chi connectivity index (χ4n) is 3.25. The van der Waals surface area contributed by atoms with Crippen LogP contribution in [0, 0.1) is 11.3 Å². The molecule has 2 unspecified atom stereocenters. The van der Waals surface area contributed by atoms with Gasteiger partial charge in [-0.3, -0.25) is 0 Å². The predicted octanol–water partition coefficient (Wildman–Crippen LogP) is 3.12. The second-order valence-electron chi connectivity index (χ2n) is 5.94. The lowest BCUT2D eigenvalue weighted by molar-refractivity contribution is 0.108. The standard InChI is InChI=1S/C14H25N3/c1-4-17-10-9-16-13(17)12(15)11-7-5-6-8-14(11,2)3/h9-12H,4-8,15H2,1-3H3. The maximum atomic E-state index is 6.48. The highest BCUT2D eigenvalue weighted by Gasteiger charge is 2.37. The van der Waals surface area contributed by atoms with Crippen molar-refractivity contribution in [3.63, 3.8) is 0 Å². The smallest absolute Gasteiger partial charge is 0.125 e.